The van der Waals surface area contributed by atoms with Gasteiger partial charge >= 0.3 is 0 Å². The van der Waals surface area contributed by atoms with Crippen LogP contribution in [0.3, 0.4) is 0 Å². The lowest BCUT2D eigenvalue weighted by molar-refractivity contribution is 0.0997. The minimum absolute atomic E-state index is 0.189. The van der Waals surface area contributed by atoms with Gasteiger partial charge < -0.3 is 9.73 Å². The molecule has 0 spiro atoms. The maximum absolute atomic E-state index is 12.4. The van der Waals surface area contributed by atoms with Crippen molar-refractivity contribution in [2.24, 2.45) is 0 Å². The average Bonchev–Trinajstić information content (AvgIpc) is 3.33. The predicted molar refractivity (Wildman–Crippen MR) is 103 cm³/mol. The first kappa shape index (κ1) is 17.1. The monoisotopic (exact) mass is 378 g/mol. The van der Waals surface area contributed by atoms with Crippen LogP contribution in [0, 0.1) is 0 Å². The highest BCUT2D eigenvalue weighted by Gasteiger charge is 2.15. The summed E-state index contributed by atoms with van der Waals surface area (Å²) in [7, 11) is 0. The number of pyridine rings is 1. The predicted octanol–water partition coefficient (Wildman–Crippen LogP) is 4.49. The summed E-state index contributed by atoms with van der Waals surface area (Å²) in [6.45, 7) is 0.593. The Morgan fingerprint density at radius 2 is 1.89 bits per heavy atom. The molecule has 6 nitrogen and oxygen atoms in total. The van der Waals surface area contributed by atoms with Gasteiger partial charge in [0.2, 0.25) is 0 Å². The van der Waals surface area contributed by atoms with E-state index in [-0.39, 0.29) is 11.7 Å². The van der Waals surface area contributed by atoms with E-state index >= 15 is 0 Å². The van der Waals surface area contributed by atoms with Crippen LogP contribution < -0.4 is 5.32 Å². The molecular formula is C20H15ClN4O2. The number of aromatic nitrogens is 3. The molecule has 0 aliphatic heterocycles. The van der Waals surface area contributed by atoms with Crippen LogP contribution in [0.15, 0.2) is 77.6 Å². The van der Waals surface area contributed by atoms with E-state index < -0.39 is 0 Å². The normalized spacial score (nSPS) is 10.7. The maximum atomic E-state index is 12.4. The summed E-state index contributed by atoms with van der Waals surface area (Å²) in [4.78, 5) is 16.4. The fourth-order valence-corrected chi connectivity index (χ4v) is 2.86. The van der Waals surface area contributed by atoms with E-state index in [1.54, 1.807) is 47.5 Å². The summed E-state index contributed by atoms with van der Waals surface area (Å²) < 4.78 is 7.39. The molecule has 4 rings (SSSR count). The first-order chi connectivity index (χ1) is 13.2. The summed E-state index contributed by atoms with van der Waals surface area (Å²) in [6.07, 6.45) is 5.26. The molecule has 0 fully saturated rings. The third kappa shape index (κ3) is 3.91. The van der Waals surface area contributed by atoms with Crippen LogP contribution >= 0.6 is 11.6 Å². The molecule has 3 aromatic heterocycles. The molecule has 0 atom stereocenters. The number of anilines is 1. The van der Waals surface area contributed by atoms with Crippen molar-refractivity contribution >= 4 is 23.3 Å². The van der Waals surface area contributed by atoms with Crippen molar-refractivity contribution in [2.45, 2.75) is 6.54 Å². The van der Waals surface area contributed by atoms with Gasteiger partial charge in [-0.2, -0.15) is 5.10 Å². The number of halogens is 1. The van der Waals surface area contributed by atoms with Gasteiger partial charge in [0.25, 0.3) is 5.91 Å². The van der Waals surface area contributed by atoms with Crippen LogP contribution in [0.25, 0.3) is 11.3 Å². The number of carbonyl (C=O) groups is 1. The smallest absolute Gasteiger partial charge is 0.292 e. The van der Waals surface area contributed by atoms with E-state index in [9.17, 15) is 4.79 Å². The Morgan fingerprint density at radius 3 is 2.70 bits per heavy atom. The number of rotatable bonds is 5. The van der Waals surface area contributed by atoms with E-state index in [1.165, 1.54) is 0 Å². The molecule has 134 valence electrons. The van der Waals surface area contributed by atoms with Gasteiger partial charge in [0, 0.05) is 30.2 Å². The lowest BCUT2D eigenvalue weighted by Gasteiger charge is -2.02. The third-order valence-electron chi connectivity index (χ3n) is 3.95. The lowest BCUT2D eigenvalue weighted by atomic mass is 10.2. The van der Waals surface area contributed by atoms with Gasteiger partial charge in [-0.1, -0.05) is 23.7 Å². The van der Waals surface area contributed by atoms with Gasteiger partial charge in [-0.15, -0.1) is 0 Å². The number of hydrogen-bond acceptors (Lipinski definition) is 4. The second-order valence-electron chi connectivity index (χ2n) is 5.85. The Morgan fingerprint density at radius 1 is 1.07 bits per heavy atom. The summed E-state index contributed by atoms with van der Waals surface area (Å²) in [6, 6.07) is 16.2. The molecule has 0 unspecified atom stereocenters. The zero-order valence-corrected chi connectivity index (χ0v) is 14.9. The number of nitrogens with one attached hydrogen (secondary N) is 1. The fourth-order valence-electron chi connectivity index (χ4n) is 2.64. The first-order valence-corrected chi connectivity index (χ1v) is 8.65. The van der Waals surface area contributed by atoms with Crippen molar-refractivity contribution in [2.75, 3.05) is 5.32 Å². The molecule has 0 saturated heterocycles. The van der Waals surface area contributed by atoms with Gasteiger partial charge in [0.1, 0.15) is 5.76 Å². The Kier molecular flexibility index (Phi) is 4.72. The Balaban J connectivity index is 1.45. The number of benzene rings is 1. The molecule has 0 saturated carbocycles. The largest absolute Gasteiger partial charge is 0.451 e. The standard InChI is InChI=1S/C20H15ClN4O2/c21-16-4-2-1-3-15(16)17-5-6-18(27-17)20(26)23-19-9-12-25(24-19)13-14-7-10-22-11-8-14/h1-12H,13H2,(H,23,24,26). The average molecular weight is 379 g/mol. The first-order valence-electron chi connectivity index (χ1n) is 8.27. The van der Waals surface area contributed by atoms with Gasteiger partial charge in [-0.3, -0.25) is 14.5 Å². The zero-order chi connectivity index (χ0) is 18.6. The Hall–Kier alpha value is -3.38. The zero-order valence-electron chi connectivity index (χ0n) is 14.2. The van der Waals surface area contributed by atoms with Crippen LogP contribution in [0.2, 0.25) is 5.02 Å². The van der Waals surface area contributed by atoms with E-state index in [0.29, 0.717) is 23.1 Å². The highest BCUT2D eigenvalue weighted by molar-refractivity contribution is 6.33. The second-order valence-corrected chi connectivity index (χ2v) is 6.26. The molecular weight excluding hydrogens is 364 g/mol. The van der Waals surface area contributed by atoms with Gasteiger partial charge in [0.05, 0.1) is 11.6 Å². The molecule has 0 aliphatic carbocycles. The lowest BCUT2D eigenvalue weighted by Crippen LogP contribution is -2.12. The highest BCUT2D eigenvalue weighted by atomic mass is 35.5. The van der Waals surface area contributed by atoms with Crippen LogP contribution in [0.5, 0.6) is 0 Å². The fraction of sp³-hybridized carbons (Fsp3) is 0.0500. The second kappa shape index (κ2) is 7.47. The summed E-state index contributed by atoms with van der Waals surface area (Å²) in [5.74, 6) is 0.801. The molecule has 27 heavy (non-hydrogen) atoms. The third-order valence-corrected chi connectivity index (χ3v) is 4.27. The van der Waals surface area contributed by atoms with Crippen molar-refractivity contribution in [1.29, 1.82) is 0 Å². The van der Waals surface area contributed by atoms with Crippen molar-refractivity contribution in [3.8, 4) is 11.3 Å². The molecule has 4 aromatic rings. The number of amides is 1. The van der Waals surface area contributed by atoms with Crippen molar-refractivity contribution in [3.05, 3.63) is 89.5 Å². The Bertz CT molecular complexity index is 1070. The van der Waals surface area contributed by atoms with Crippen molar-refractivity contribution in [3.63, 3.8) is 0 Å². The van der Waals surface area contributed by atoms with Crippen molar-refractivity contribution < 1.29 is 9.21 Å². The summed E-state index contributed by atoms with van der Waals surface area (Å²) in [5.41, 5.74) is 1.81. The highest BCUT2D eigenvalue weighted by Crippen LogP contribution is 2.29. The van der Waals surface area contributed by atoms with Gasteiger partial charge in [0.15, 0.2) is 11.6 Å². The molecule has 1 aromatic carbocycles. The van der Waals surface area contributed by atoms with Crippen LogP contribution in [-0.4, -0.2) is 20.7 Å². The SMILES string of the molecule is O=C(Nc1ccn(Cc2ccncc2)n1)c1ccc(-c2ccccc2Cl)o1. The molecule has 0 radical (unpaired) electrons. The number of carbonyl (C=O) groups excluding carboxylic acids is 1. The van der Waals surface area contributed by atoms with Crippen LogP contribution in [-0.2, 0) is 6.54 Å². The minimum atomic E-state index is -0.373. The molecule has 3 heterocycles. The summed E-state index contributed by atoms with van der Waals surface area (Å²) >= 11 is 6.17. The van der Waals surface area contributed by atoms with E-state index in [0.717, 1.165) is 11.1 Å². The number of nitrogens with zero attached hydrogens (tertiary/aromatic N) is 3. The van der Waals surface area contributed by atoms with Gasteiger partial charge in [-0.05, 0) is 42.0 Å². The van der Waals surface area contributed by atoms with E-state index in [1.807, 2.05) is 30.3 Å². The van der Waals surface area contributed by atoms with Crippen molar-refractivity contribution in [1.82, 2.24) is 14.8 Å². The molecule has 1 amide bonds. The quantitative estimate of drug-likeness (QED) is 0.555. The van der Waals surface area contributed by atoms with Gasteiger partial charge in [-0.25, -0.2) is 0 Å². The van der Waals surface area contributed by atoms with Crippen LogP contribution in [0.1, 0.15) is 16.1 Å². The molecule has 1 N–H and O–H groups in total. The molecule has 0 aliphatic rings. The maximum Gasteiger partial charge on any atom is 0.292 e. The van der Waals surface area contributed by atoms with E-state index in [2.05, 4.69) is 15.4 Å². The van der Waals surface area contributed by atoms with E-state index in [4.69, 9.17) is 16.0 Å². The minimum Gasteiger partial charge on any atom is -0.451 e. The molecule has 0 bridgehead atoms. The molecule has 7 heteroatoms. The number of hydrogen-bond donors (Lipinski definition) is 1. The number of furan rings is 1. The van der Waals surface area contributed by atoms with Crippen LogP contribution in [0.4, 0.5) is 5.82 Å². The topological polar surface area (TPSA) is 73.0 Å². The Labute approximate surface area is 160 Å². The summed E-state index contributed by atoms with van der Waals surface area (Å²) in [5, 5.41) is 7.65.